The maximum absolute atomic E-state index is 11.4. The lowest BCUT2D eigenvalue weighted by Crippen LogP contribution is -2.49. The van der Waals surface area contributed by atoms with Gasteiger partial charge in [0, 0.05) is 39.3 Å². The number of aliphatic hydroxyl groups is 1. The van der Waals surface area contributed by atoms with Crippen molar-refractivity contribution in [2.75, 3.05) is 52.4 Å². The van der Waals surface area contributed by atoms with Crippen LogP contribution in [0.2, 0.25) is 0 Å². The van der Waals surface area contributed by atoms with Crippen LogP contribution in [0.4, 0.5) is 0 Å². The van der Waals surface area contributed by atoms with E-state index in [1.807, 2.05) is 6.92 Å². The van der Waals surface area contributed by atoms with Crippen LogP contribution >= 0.6 is 0 Å². The minimum absolute atomic E-state index is 0.133. The van der Waals surface area contributed by atoms with Gasteiger partial charge in [-0.15, -0.1) is 0 Å². The van der Waals surface area contributed by atoms with Gasteiger partial charge in [0.05, 0.1) is 6.54 Å². The Morgan fingerprint density at radius 2 is 1.78 bits per heavy atom. The molecule has 0 bridgehead atoms. The van der Waals surface area contributed by atoms with Crippen molar-refractivity contribution in [3.05, 3.63) is 0 Å². The predicted molar refractivity (Wildman–Crippen MR) is 72.5 cm³/mol. The van der Waals surface area contributed by atoms with Crippen molar-refractivity contribution >= 4 is 5.91 Å². The molecule has 0 aromatic carbocycles. The van der Waals surface area contributed by atoms with Gasteiger partial charge in [-0.25, -0.2) is 0 Å². The summed E-state index contributed by atoms with van der Waals surface area (Å²) in [7, 11) is 0. The average Bonchev–Trinajstić information content (AvgIpc) is 2.37. The van der Waals surface area contributed by atoms with Crippen molar-refractivity contribution in [3.8, 4) is 0 Å². The van der Waals surface area contributed by atoms with Crippen LogP contribution < -0.4 is 5.32 Å². The van der Waals surface area contributed by atoms with E-state index >= 15 is 0 Å². The Bertz CT molecular complexity index is 228. The number of carbonyl (C=O) groups excluding carboxylic acids is 1. The number of unbranched alkanes of at least 4 members (excludes halogenated alkanes) is 2. The highest BCUT2D eigenvalue weighted by Gasteiger charge is 2.17. The Morgan fingerprint density at radius 3 is 2.39 bits per heavy atom. The molecule has 0 aromatic heterocycles. The minimum Gasteiger partial charge on any atom is -0.396 e. The van der Waals surface area contributed by atoms with Gasteiger partial charge in [-0.05, 0) is 32.7 Å². The lowest BCUT2D eigenvalue weighted by Gasteiger charge is -2.34. The summed E-state index contributed by atoms with van der Waals surface area (Å²) in [6.45, 7) is 8.69. The van der Waals surface area contributed by atoms with Crippen LogP contribution in [0.15, 0.2) is 0 Å². The Hall–Kier alpha value is -0.650. The number of nitrogens with one attached hydrogen (secondary N) is 1. The average molecular weight is 257 g/mol. The SMILES string of the molecule is CCNC(=O)CN1CCN(CCCCCO)CC1. The molecule has 0 radical (unpaired) electrons. The van der Waals surface area contributed by atoms with Crippen molar-refractivity contribution in [1.29, 1.82) is 0 Å². The van der Waals surface area contributed by atoms with Crippen LogP contribution in [0.3, 0.4) is 0 Å². The first kappa shape index (κ1) is 15.4. The Balaban J connectivity index is 2.07. The number of likely N-dealkylation sites (N-methyl/N-ethyl adjacent to an activating group) is 1. The quantitative estimate of drug-likeness (QED) is 0.596. The molecule has 1 aliphatic rings. The number of hydrogen-bond donors (Lipinski definition) is 2. The van der Waals surface area contributed by atoms with Crippen LogP contribution in [0.25, 0.3) is 0 Å². The Kier molecular flexibility index (Phi) is 7.96. The van der Waals surface area contributed by atoms with Gasteiger partial charge in [-0.3, -0.25) is 9.69 Å². The summed E-state index contributed by atoms with van der Waals surface area (Å²) in [5, 5.41) is 11.5. The summed E-state index contributed by atoms with van der Waals surface area (Å²) in [5.74, 6) is 0.133. The van der Waals surface area contributed by atoms with Crippen LogP contribution in [-0.2, 0) is 4.79 Å². The van der Waals surface area contributed by atoms with Gasteiger partial charge in [-0.2, -0.15) is 0 Å². The van der Waals surface area contributed by atoms with Crippen LogP contribution in [-0.4, -0.2) is 73.2 Å². The monoisotopic (exact) mass is 257 g/mol. The normalized spacial score (nSPS) is 17.9. The van der Waals surface area contributed by atoms with Gasteiger partial charge in [-0.1, -0.05) is 0 Å². The molecule has 1 rings (SSSR count). The minimum atomic E-state index is 0.133. The van der Waals surface area contributed by atoms with Crippen LogP contribution in [0.1, 0.15) is 26.2 Å². The van der Waals surface area contributed by atoms with E-state index in [0.29, 0.717) is 19.7 Å². The number of aliphatic hydroxyl groups excluding tert-OH is 1. The van der Waals surface area contributed by atoms with E-state index in [0.717, 1.165) is 52.0 Å². The van der Waals surface area contributed by atoms with E-state index in [-0.39, 0.29) is 5.91 Å². The zero-order chi connectivity index (χ0) is 13.2. The molecule has 18 heavy (non-hydrogen) atoms. The highest BCUT2D eigenvalue weighted by atomic mass is 16.2. The fourth-order valence-corrected chi connectivity index (χ4v) is 2.25. The fraction of sp³-hybridized carbons (Fsp3) is 0.923. The molecule has 1 fully saturated rings. The molecule has 0 saturated carbocycles. The fourth-order valence-electron chi connectivity index (χ4n) is 2.25. The Morgan fingerprint density at radius 1 is 1.11 bits per heavy atom. The summed E-state index contributed by atoms with van der Waals surface area (Å²) >= 11 is 0. The standard InChI is InChI=1S/C13H27N3O2/c1-2-14-13(18)12-16-9-7-15(8-10-16)6-4-3-5-11-17/h17H,2-12H2,1H3,(H,14,18). The van der Waals surface area contributed by atoms with Gasteiger partial charge in [0.2, 0.25) is 5.91 Å². The summed E-state index contributed by atoms with van der Waals surface area (Å²) in [6.07, 6.45) is 3.18. The second-order valence-corrected chi connectivity index (χ2v) is 4.86. The zero-order valence-corrected chi connectivity index (χ0v) is 11.5. The molecule has 1 amide bonds. The molecule has 0 atom stereocenters. The largest absolute Gasteiger partial charge is 0.396 e. The summed E-state index contributed by atoms with van der Waals surface area (Å²) in [5.41, 5.74) is 0. The maximum atomic E-state index is 11.4. The highest BCUT2D eigenvalue weighted by molar-refractivity contribution is 5.77. The predicted octanol–water partition coefficient (Wildman–Crippen LogP) is -0.0973. The number of carbonyl (C=O) groups is 1. The third kappa shape index (κ3) is 6.33. The third-order valence-electron chi connectivity index (χ3n) is 3.34. The van der Waals surface area contributed by atoms with Gasteiger partial charge in [0.15, 0.2) is 0 Å². The van der Waals surface area contributed by atoms with E-state index in [4.69, 9.17) is 5.11 Å². The number of amides is 1. The smallest absolute Gasteiger partial charge is 0.234 e. The number of nitrogens with zero attached hydrogens (tertiary/aromatic N) is 2. The first-order chi connectivity index (χ1) is 8.76. The molecule has 5 nitrogen and oxygen atoms in total. The van der Waals surface area contributed by atoms with Gasteiger partial charge in [0.1, 0.15) is 0 Å². The van der Waals surface area contributed by atoms with E-state index < -0.39 is 0 Å². The van der Waals surface area contributed by atoms with E-state index in [1.54, 1.807) is 0 Å². The molecule has 0 spiro atoms. The molecule has 0 unspecified atom stereocenters. The number of hydrogen-bond acceptors (Lipinski definition) is 4. The van der Waals surface area contributed by atoms with Crippen LogP contribution in [0, 0.1) is 0 Å². The number of rotatable bonds is 8. The second-order valence-electron chi connectivity index (χ2n) is 4.86. The molecule has 5 heteroatoms. The summed E-state index contributed by atoms with van der Waals surface area (Å²) < 4.78 is 0. The van der Waals surface area contributed by atoms with Crippen molar-refractivity contribution in [3.63, 3.8) is 0 Å². The molecule has 0 aromatic rings. The summed E-state index contributed by atoms with van der Waals surface area (Å²) in [6, 6.07) is 0. The van der Waals surface area contributed by atoms with E-state index in [9.17, 15) is 4.79 Å². The lowest BCUT2D eigenvalue weighted by molar-refractivity contribution is -0.122. The summed E-state index contributed by atoms with van der Waals surface area (Å²) in [4.78, 5) is 16.1. The Labute approximate surface area is 110 Å². The van der Waals surface area contributed by atoms with E-state index in [2.05, 4.69) is 15.1 Å². The van der Waals surface area contributed by atoms with Crippen molar-refractivity contribution in [2.24, 2.45) is 0 Å². The third-order valence-corrected chi connectivity index (χ3v) is 3.34. The zero-order valence-electron chi connectivity index (χ0n) is 11.5. The first-order valence-corrected chi connectivity index (χ1v) is 7.08. The molecule has 2 N–H and O–H groups in total. The van der Waals surface area contributed by atoms with Gasteiger partial charge in [0.25, 0.3) is 0 Å². The first-order valence-electron chi connectivity index (χ1n) is 7.08. The van der Waals surface area contributed by atoms with E-state index in [1.165, 1.54) is 0 Å². The molecule has 0 aliphatic carbocycles. The number of piperazine rings is 1. The molecular weight excluding hydrogens is 230 g/mol. The molecule has 1 saturated heterocycles. The molecule has 106 valence electrons. The second kappa shape index (κ2) is 9.30. The lowest BCUT2D eigenvalue weighted by atomic mass is 10.2. The molecular formula is C13H27N3O2. The highest BCUT2D eigenvalue weighted by Crippen LogP contribution is 2.04. The van der Waals surface area contributed by atoms with Crippen LogP contribution in [0.5, 0.6) is 0 Å². The van der Waals surface area contributed by atoms with Crippen molar-refractivity contribution in [2.45, 2.75) is 26.2 Å². The van der Waals surface area contributed by atoms with Crippen molar-refractivity contribution in [1.82, 2.24) is 15.1 Å². The topological polar surface area (TPSA) is 55.8 Å². The van der Waals surface area contributed by atoms with Gasteiger partial charge < -0.3 is 15.3 Å². The van der Waals surface area contributed by atoms with Crippen molar-refractivity contribution < 1.29 is 9.90 Å². The maximum Gasteiger partial charge on any atom is 0.234 e. The van der Waals surface area contributed by atoms with Gasteiger partial charge >= 0.3 is 0 Å². The molecule has 1 heterocycles. The molecule has 1 aliphatic heterocycles.